The maximum absolute atomic E-state index is 11.9. The van der Waals surface area contributed by atoms with Crippen molar-refractivity contribution in [2.24, 2.45) is 0 Å². The van der Waals surface area contributed by atoms with Gasteiger partial charge in [-0.1, -0.05) is 25.1 Å². The Balaban J connectivity index is 2.97. The van der Waals surface area contributed by atoms with Crippen molar-refractivity contribution in [3.63, 3.8) is 0 Å². The van der Waals surface area contributed by atoms with Crippen molar-refractivity contribution in [2.75, 3.05) is 11.5 Å². The summed E-state index contributed by atoms with van der Waals surface area (Å²) in [6, 6.07) is 3.89. The summed E-state index contributed by atoms with van der Waals surface area (Å²) in [5.74, 6) is -2.83. The first-order valence-electron chi connectivity index (χ1n) is 6.96. The van der Waals surface area contributed by atoms with E-state index in [0.29, 0.717) is 12.0 Å². The van der Waals surface area contributed by atoms with E-state index < -0.39 is 33.5 Å². The predicted molar refractivity (Wildman–Crippen MR) is 83.4 cm³/mol. The molecule has 1 unspecified atom stereocenters. The molecule has 0 aliphatic heterocycles. The number of carbonyl (C=O) groups is 2. The third-order valence-electron chi connectivity index (χ3n) is 3.38. The lowest BCUT2D eigenvalue weighted by Crippen LogP contribution is -2.38. The number of carbonyl (C=O) groups excluding carboxylic acids is 1. The molecule has 1 aromatic carbocycles. The van der Waals surface area contributed by atoms with Gasteiger partial charge in [0.1, 0.15) is 5.75 Å². The van der Waals surface area contributed by atoms with Crippen LogP contribution in [0, 0.1) is 13.8 Å². The van der Waals surface area contributed by atoms with Crippen LogP contribution in [0.5, 0.6) is 0 Å². The maximum atomic E-state index is 11.9. The van der Waals surface area contributed by atoms with E-state index in [1.54, 1.807) is 26.0 Å². The normalized spacial score (nSPS) is 12.7. The molecule has 0 aliphatic carbocycles. The van der Waals surface area contributed by atoms with Gasteiger partial charge in [-0.05, 0) is 37.0 Å². The van der Waals surface area contributed by atoms with Gasteiger partial charge in [0.25, 0.3) is 0 Å². The van der Waals surface area contributed by atoms with E-state index in [9.17, 15) is 23.1 Å². The molecule has 0 aromatic heterocycles. The summed E-state index contributed by atoms with van der Waals surface area (Å²) in [6.07, 6.45) is 0.412. The zero-order valence-electron chi connectivity index (χ0n) is 12.9. The van der Waals surface area contributed by atoms with Crippen LogP contribution >= 0.6 is 0 Å². The SMILES string of the molecule is CCCS(=O)(=O)CC(=O)NC(C(=O)O)c1cccc(C)c1C. The second-order valence-electron chi connectivity index (χ2n) is 5.22. The van der Waals surface area contributed by atoms with E-state index in [4.69, 9.17) is 0 Å². The van der Waals surface area contributed by atoms with Crippen LogP contribution < -0.4 is 5.32 Å². The number of hydrogen-bond acceptors (Lipinski definition) is 4. The summed E-state index contributed by atoms with van der Waals surface area (Å²) in [4.78, 5) is 23.3. The van der Waals surface area contributed by atoms with Crippen molar-refractivity contribution in [3.8, 4) is 0 Å². The summed E-state index contributed by atoms with van der Waals surface area (Å²) >= 11 is 0. The van der Waals surface area contributed by atoms with Gasteiger partial charge >= 0.3 is 5.97 Å². The van der Waals surface area contributed by atoms with Crippen LogP contribution in [0.4, 0.5) is 0 Å². The Morgan fingerprint density at radius 2 is 1.91 bits per heavy atom. The van der Waals surface area contributed by atoms with Crippen molar-refractivity contribution in [2.45, 2.75) is 33.2 Å². The molecule has 0 saturated heterocycles. The molecule has 0 saturated carbocycles. The third-order valence-corrected chi connectivity index (χ3v) is 5.11. The molecule has 7 heteroatoms. The molecular formula is C15H21NO5S. The zero-order valence-corrected chi connectivity index (χ0v) is 13.7. The maximum Gasteiger partial charge on any atom is 0.330 e. The summed E-state index contributed by atoms with van der Waals surface area (Å²) in [5, 5.41) is 11.6. The van der Waals surface area contributed by atoms with E-state index >= 15 is 0 Å². The average molecular weight is 327 g/mol. The molecule has 1 atom stereocenters. The molecule has 1 rings (SSSR count). The molecule has 0 spiro atoms. The van der Waals surface area contributed by atoms with Crippen LogP contribution in [0.15, 0.2) is 18.2 Å². The fourth-order valence-electron chi connectivity index (χ4n) is 2.14. The summed E-state index contributed by atoms with van der Waals surface area (Å²) in [5.41, 5.74) is 2.11. The van der Waals surface area contributed by atoms with Crippen LogP contribution in [0.2, 0.25) is 0 Å². The summed E-state index contributed by atoms with van der Waals surface area (Å²) in [6.45, 7) is 5.30. The van der Waals surface area contributed by atoms with E-state index in [0.717, 1.165) is 11.1 Å². The van der Waals surface area contributed by atoms with Gasteiger partial charge < -0.3 is 10.4 Å². The predicted octanol–water partition coefficient (Wildman–Crippen LogP) is 1.37. The highest BCUT2D eigenvalue weighted by Gasteiger charge is 2.26. The van der Waals surface area contributed by atoms with Crippen molar-refractivity contribution in [3.05, 3.63) is 34.9 Å². The number of amides is 1. The van der Waals surface area contributed by atoms with Crippen LogP contribution in [0.1, 0.15) is 36.1 Å². The molecule has 0 heterocycles. The summed E-state index contributed by atoms with van der Waals surface area (Å²) in [7, 11) is -3.51. The minimum Gasteiger partial charge on any atom is -0.479 e. The molecule has 0 aliphatic rings. The van der Waals surface area contributed by atoms with Gasteiger partial charge in [0.15, 0.2) is 15.9 Å². The molecule has 2 N–H and O–H groups in total. The van der Waals surface area contributed by atoms with E-state index in [1.165, 1.54) is 0 Å². The summed E-state index contributed by atoms with van der Waals surface area (Å²) < 4.78 is 23.3. The Hall–Kier alpha value is -1.89. The second kappa shape index (κ2) is 7.40. The van der Waals surface area contributed by atoms with Crippen LogP contribution in [0.3, 0.4) is 0 Å². The van der Waals surface area contributed by atoms with Crippen molar-refractivity contribution < 1.29 is 23.1 Å². The van der Waals surface area contributed by atoms with E-state index in [-0.39, 0.29) is 5.75 Å². The molecule has 0 radical (unpaired) electrons. The van der Waals surface area contributed by atoms with Gasteiger partial charge in [-0.3, -0.25) is 4.79 Å². The van der Waals surface area contributed by atoms with Gasteiger partial charge in [0.05, 0.1) is 5.75 Å². The molecule has 122 valence electrons. The lowest BCUT2D eigenvalue weighted by Gasteiger charge is -2.18. The number of aryl methyl sites for hydroxylation is 1. The van der Waals surface area contributed by atoms with E-state index in [2.05, 4.69) is 5.32 Å². The highest BCUT2D eigenvalue weighted by molar-refractivity contribution is 7.92. The standard InChI is InChI=1S/C15H21NO5S/c1-4-8-22(20,21)9-13(17)16-14(15(18)19)12-7-5-6-10(2)11(12)3/h5-7,14H,4,8-9H2,1-3H3,(H,16,17)(H,18,19). The number of sulfone groups is 1. The molecular weight excluding hydrogens is 306 g/mol. The highest BCUT2D eigenvalue weighted by Crippen LogP contribution is 2.20. The molecule has 1 aromatic rings. The fraction of sp³-hybridized carbons (Fsp3) is 0.467. The van der Waals surface area contributed by atoms with Crippen LogP contribution in [-0.4, -0.2) is 36.9 Å². The minimum absolute atomic E-state index is 0.0956. The Morgan fingerprint density at radius 1 is 1.27 bits per heavy atom. The highest BCUT2D eigenvalue weighted by atomic mass is 32.2. The Bertz CT molecular complexity index is 667. The number of carboxylic acids is 1. The minimum atomic E-state index is -3.51. The molecule has 22 heavy (non-hydrogen) atoms. The number of rotatable bonds is 7. The van der Waals surface area contributed by atoms with Gasteiger partial charge in [-0.25, -0.2) is 13.2 Å². The number of carboxylic acid groups (broad SMARTS) is 1. The zero-order chi connectivity index (χ0) is 16.9. The second-order valence-corrected chi connectivity index (χ2v) is 7.40. The number of hydrogen-bond donors (Lipinski definition) is 2. The quantitative estimate of drug-likeness (QED) is 0.788. The van der Waals surface area contributed by atoms with Crippen LogP contribution in [-0.2, 0) is 19.4 Å². The number of aliphatic carboxylic acids is 1. The molecule has 6 nitrogen and oxygen atoms in total. The van der Waals surface area contributed by atoms with Gasteiger partial charge in [0.2, 0.25) is 5.91 Å². The lowest BCUT2D eigenvalue weighted by molar-refractivity contribution is -0.141. The largest absolute Gasteiger partial charge is 0.479 e. The first-order valence-corrected chi connectivity index (χ1v) is 8.78. The Labute approximate surface area is 130 Å². The van der Waals surface area contributed by atoms with Gasteiger partial charge in [0, 0.05) is 0 Å². The lowest BCUT2D eigenvalue weighted by atomic mass is 9.97. The Morgan fingerprint density at radius 3 is 2.45 bits per heavy atom. The fourth-order valence-corrected chi connectivity index (χ4v) is 3.39. The van der Waals surface area contributed by atoms with Crippen molar-refractivity contribution in [1.82, 2.24) is 5.32 Å². The first-order chi connectivity index (χ1) is 10.2. The van der Waals surface area contributed by atoms with E-state index in [1.807, 2.05) is 13.0 Å². The topological polar surface area (TPSA) is 101 Å². The molecule has 1 amide bonds. The third kappa shape index (κ3) is 4.84. The van der Waals surface area contributed by atoms with Crippen LogP contribution in [0.25, 0.3) is 0 Å². The van der Waals surface area contributed by atoms with Gasteiger partial charge in [-0.15, -0.1) is 0 Å². The first kappa shape index (κ1) is 18.2. The van der Waals surface area contributed by atoms with Gasteiger partial charge in [-0.2, -0.15) is 0 Å². The Kier molecular flexibility index (Phi) is 6.11. The number of benzene rings is 1. The molecule has 0 bridgehead atoms. The number of nitrogens with one attached hydrogen (secondary N) is 1. The van der Waals surface area contributed by atoms with Crippen molar-refractivity contribution >= 4 is 21.7 Å². The monoisotopic (exact) mass is 327 g/mol. The smallest absolute Gasteiger partial charge is 0.330 e. The molecule has 0 fully saturated rings. The van der Waals surface area contributed by atoms with Crippen molar-refractivity contribution in [1.29, 1.82) is 0 Å². The average Bonchev–Trinajstić information content (AvgIpc) is 2.38.